The lowest BCUT2D eigenvalue weighted by Gasteiger charge is -2.38. The summed E-state index contributed by atoms with van der Waals surface area (Å²) in [6.45, 7) is 1.36. The summed E-state index contributed by atoms with van der Waals surface area (Å²) < 4.78 is 0. The smallest absolute Gasteiger partial charge is 0.0962 e. The van der Waals surface area contributed by atoms with Gasteiger partial charge >= 0.3 is 0 Å². The molecule has 0 aliphatic carbocycles. The Bertz CT molecular complexity index is 813. The van der Waals surface area contributed by atoms with Crippen molar-refractivity contribution in [1.29, 1.82) is 0 Å². The minimum Gasteiger partial charge on any atom is -0.329 e. The van der Waals surface area contributed by atoms with Crippen LogP contribution >= 0.6 is 11.8 Å². The number of thioether (sulfide) groups is 1. The van der Waals surface area contributed by atoms with E-state index in [0.29, 0.717) is 6.54 Å². The molecule has 3 aromatic rings. The van der Waals surface area contributed by atoms with E-state index in [-0.39, 0.29) is 5.54 Å². The molecule has 1 atom stereocenters. The molecule has 0 fully saturated rings. The van der Waals surface area contributed by atoms with Gasteiger partial charge in [-0.2, -0.15) is 0 Å². The van der Waals surface area contributed by atoms with Crippen molar-refractivity contribution in [2.75, 3.05) is 13.1 Å². The molecule has 2 nitrogen and oxygen atoms in total. The summed E-state index contributed by atoms with van der Waals surface area (Å²) in [4.78, 5) is 1.33. The molecule has 0 aromatic heterocycles. The van der Waals surface area contributed by atoms with E-state index in [2.05, 4.69) is 84.2 Å². The minimum atomic E-state index is -0.378. The monoisotopic (exact) mass is 346 g/mol. The van der Waals surface area contributed by atoms with E-state index in [1.807, 2.05) is 11.8 Å². The van der Waals surface area contributed by atoms with Gasteiger partial charge in [-0.15, -0.1) is 11.8 Å². The van der Waals surface area contributed by atoms with Crippen LogP contribution in [0.4, 0.5) is 0 Å². The third kappa shape index (κ3) is 2.78. The molecule has 0 unspecified atom stereocenters. The van der Waals surface area contributed by atoms with E-state index in [9.17, 15) is 0 Å². The first kappa shape index (κ1) is 16.4. The normalized spacial score (nSPS) is 18.9. The fraction of sp³-hybridized carbons (Fsp3) is 0.182. The molecule has 1 heterocycles. The van der Waals surface area contributed by atoms with Crippen LogP contribution in [0.1, 0.15) is 22.3 Å². The van der Waals surface area contributed by atoms with Gasteiger partial charge < -0.3 is 5.73 Å². The summed E-state index contributed by atoms with van der Waals surface area (Å²) in [7, 11) is 0. The molecule has 3 N–H and O–H groups in total. The average molecular weight is 346 g/mol. The molecule has 25 heavy (non-hydrogen) atoms. The summed E-state index contributed by atoms with van der Waals surface area (Å²) in [6, 6.07) is 28.3. The lowest BCUT2D eigenvalue weighted by molar-refractivity contribution is 0.471. The van der Waals surface area contributed by atoms with Crippen LogP contribution in [0.25, 0.3) is 0 Å². The maximum Gasteiger partial charge on any atom is 0.0962 e. The molecule has 0 bridgehead atoms. The van der Waals surface area contributed by atoms with Gasteiger partial charge in [-0.25, -0.2) is 0 Å². The number of fused-ring (bicyclic) bond motifs is 2. The fourth-order valence-corrected chi connectivity index (χ4v) is 4.88. The lowest BCUT2D eigenvalue weighted by atomic mass is 9.75. The van der Waals surface area contributed by atoms with Crippen LogP contribution < -0.4 is 11.1 Å². The van der Waals surface area contributed by atoms with Gasteiger partial charge in [0.1, 0.15) is 0 Å². The Morgan fingerprint density at radius 1 is 0.840 bits per heavy atom. The van der Waals surface area contributed by atoms with Crippen molar-refractivity contribution in [2.24, 2.45) is 5.73 Å². The van der Waals surface area contributed by atoms with Gasteiger partial charge in [0.25, 0.3) is 0 Å². The SMILES string of the molecule is NCCN[C@]1(c2ccccc2)c2ccccc2CSc2ccccc21. The molecule has 3 aromatic carbocycles. The first-order chi connectivity index (χ1) is 12.4. The van der Waals surface area contributed by atoms with Crippen molar-refractivity contribution in [1.82, 2.24) is 5.32 Å². The highest BCUT2D eigenvalue weighted by Crippen LogP contribution is 2.46. The van der Waals surface area contributed by atoms with E-state index in [0.717, 1.165) is 12.3 Å². The van der Waals surface area contributed by atoms with Crippen LogP contribution in [-0.4, -0.2) is 13.1 Å². The van der Waals surface area contributed by atoms with E-state index in [1.165, 1.54) is 27.1 Å². The van der Waals surface area contributed by atoms with Crippen LogP contribution in [0.15, 0.2) is 83.8 Å². The zero-order valence-corrected chi connectivity index (χ0v) is 14.9. The molecular formula is C22H22N2S. The number of rotatable bonds is 4. The highest BCUT2D eigenvalue weighted by Gasteiger charge is 2.40. The molecule has 4 rings (SSSR count). The Morgan fingerprint density at radius 2 is 1.52 bits per heavy atom. The van der Waals surface area contributed by atoms with Crippen LogP contribution in [0, 0.1) is 0 Å². The quantitative estimate of drug-likeness (QED) is 0.746. The molecule has 1 aliphatic heterocycles. The molecule has 126 valence electrons. The van der Waals surface area contributed by atoms with Crippen LogP contribution in [0.2, 0.25) is 0 Å². The minimum absolute atomic E-state index is 0.378. The maximum absolute atomic E-state index is 5.89. The van der Waals surface area contributed by atoms with Crippen molar-refractivity contribution in [2.45, 2.75) is 16.2 Å². The molecule has 0 saturated carbocycles. The van der Waals surface area contributed by atoms with Crippen molar-refractivity contribution in [3.63, 3.8) is 0 Å². The van der Waals surface area contributed by atoms with Crippen LogP contribution in [-0.2, 0) is 11.3 Å². The van der Waals surface area contributed by atoms with Crippen molar-refractivity contribution < 1.29 is 0 Å². The van der Waals surface area contributed by atoms with E-state index in [1.54, 1.807) is 0 Å². The van der Waals surface area contributed by atoms with E-state index >= 15 is 0 Å². The summed E-state index contributed by atoms with van der Waals surface area (Å²) in [5.41, 5.74) is 10.8. The summed E-state index contributed by atoms with van der Waals surface area (Å²) in [6.07, 6.45) is 0. The first-order valence-electron chi connectivity index (χ1n) is 8.67. The Morgan fingerprint density at radius 3 is 2.32 bits per heavy atom. The summed E-state index contributed by atoms with van der Waals surface area (Å²) >= 11 is 1.91. The van der Waals surface area contributed by atoms with E-state index in [4.69, 9.17) is 5.73 Å². The van der Waals surface area contributed by atoms with Gasteiger partial charge in [-0.05, 0) is 28.3 Å². The molecule has 0 radical (unpaired) electrons. The molecule has 0 spiro atoms. The van der Waals surface area contributed by atoms with Crippen LogP contribution in [0.5, 0.6) is 0 Å². The Kier molecular flexibility index (Phi) is 4.62. The molecule has 1 aliphatic rings. The molecule has 0 amide bonds. The lowest BCUT2D eigenvalue weighted by Crippen LogP contribution is -2.47. The van der Waals surface area contributed by atoms with Crippen molar-refractivity contribution in [3.05, 3.63) is 101 Å². The zero-order chi connectivity index (χ0) is 17.1. The highest BCUT2D eigenvalue weighted by molar-refractivity contribution is 7.98. The Labute approximate surface area is 153 Å². The average Bonchev–Trinajstić information content (AvgIpc) is 2.83. The molecular weight excluding hydrogens is 324 g/mol. The third-order valence-corrected chi connectivity index (χ3v) is 5.96. The first-order valence-corrected chi connectivity index (χ1v) is 9.66. The van der Waals surface area contributed by atoms with Gasteiger partial charge in [0.2, 0.25) is 0 Å². The largest absolute Gasteiger partial charge is 0.329 e. The number of hydrogen-bond acceptors (Lipinski definition) is 3. The van der Waals surface area contributed by atoms with Crippen molar-refractivity contribution in [3.8, 4) is 0 Å². The summed E-state index contributed by atoms with van der Waals surface area (Å²) in [5, 5.41) is 3.82. The number of nitrogens with two attached hydrogens (primary N) is 1. The second-order valence-electron chi connectivity index (χ2n) is 6.27. The number of hydrogen-bond donors (Lipinski definition) is 2. The van der Waals surface area contributed by atoms with Gasteiger partial charge in [0.15, 0.2) is 0 Å². The fourth-order valence-electron chi connectivity index (χ4n) is 3.77. The topological polar surface area (TPSA) is 38.0 Å². The second kappa shape index (κ2) is 7.04. The van der Waals surface area contributed by atoms with E-state index < -0.39 is 0 Å². The molecule has 3 heteroatoms. The number of nitrogens with one attached hydrogen (secondary N) is 1. The predicted molar refractivity (Wildman–Crippen MR) is 106 cm³/mol. The summed E-state index contributed by atoms with van der Waals surface area (Å²) in [5.74, 6) is 0.978. The number of benzene rings is 3. The predicted octanol–water partition coefficient (Wildman–Crippen LogP) is 4.13. The second-order valence-corrected chi connectivity index (χ2v) is 7.29. The van der Waals surface area contributed by atoms with Gasteiger partial charge in [-0.1, -0.05) is 72.8 Å². The standard InChI is InChI=1S/C22H22N2S/c23-14-15-24-22(18-9-2-1-3-10-18)19-11-5-4-8-17(19)16-25-21-13-7-6-12-20(21)22/h1-13,24H,14-16,23H2/t22-/m1/s1. The third-order valence-electron chi connectivity index (χ3n) is 4.84. The maximum atomic E-state index is 5.89. The highest BCUT2D eigenvalue weighted by atomic mass is 32.2. The Hall–Kier alpha value is -2.07. The van der Waals surface area contributed by atoms with Crippen LogP contribution in [0.3, 0.4) is 0 Å². The Balaban J connectivity index is 2.07. The zero-order valence-electron chi connectivity index (χ0n) is 14.1. The van der Waals surface area contributed by atoms with Crippen molar-refractivity contribution >= 4 is 11.8 Å². The van der Waals surface area contributed by atoms with Gasteiger partial charge in [-0.3, -0.25) is 5.32 Å². The van der Waals surface area contributed by atoms with Gasteiger partial charge in [0.05, 0.1) is 5.54 Å². The van der Waals surface area contributed by atoms with Gasteiger partial charge in [0, 0.05) is 23.7 Å². The molecule has 0 saturated heterocycles.